The summed E-state index contributed by atoms with van der Waals surface area (Å²) >= 11 is 11.9. The molecule has 1 aliphatic heterocycles. The predicted molar refractivity (Wildman–Crippen MR) is 103 cm³/mol. The highest BCUT2D eigenvalue weighted by Gasteiger charge is 2.34. The zero-order chi connectivity index (χ0) is 18.7. The highest BCUT2D eigenvalue weighted by Crippen LogP contribution is 2.25. The standard InChI is InChI=1S/C19H19Cl2N3O2/c20-14-8-15(21)10-16(9-14)23-18(25)17-2-1-7-24(17)19(26)13-5-3-12(11-22)4-6-13/h3-6,8-10,17H,1-2,7,11,22H2,(H,23,25). The van der Waals surface area contributed by atoms with Crippen LogP contribution in [0, 0.1) is 0 Å². The van der Waals surface area contributed by atoms with Gasteiger partial charge in [0, 0.05) is 34.4 Å². The largest absolute Gasteiger partial charge is 0.327 e. The van der Waals surface area contributed by atoms with E-state index in [4.69, 9.17) is 28.9 Å². The first-order chi connectivity index (χ1) is 12.5. The Hall–Kier alpha value is -2.08. The molecule has 1 fully saturated rings. The molecule has 3 N–H and O–H groups in total. The van der Waals surface area contributed by atoms with Crippen LogP contribution in [0.5, 0.6) is 0 Å². The summed E-state index contributed by atoms with van der Waals surface area (Å²) in [4.78, 5) is 27.1. The number of hydrogen-bond donors (Lipinski definition) is 2. The van der Waals surface area contributed by atoms with Crippen LogP contribution in [0.15, 0.2) is 42.5 Å². The Morgan fingerprint density at radius 3 is 2.38 bits per heavy atom. The number of halogens is 2. The Balaban J connectivity index is 1.74. The molecule has 1 aliphatic rings. The average molecular weight is 392 g/mol. The minimum Gasteiger partial charge on any atom is -0.327 e. The summed E-state index contributed by atoms with van der Waals surface area (Å²) in [6.07, 6.45) is 1.40. The number of anilines is 1. The van der Waals surface area contributed by atoms with E-state index in [1.807, 2.05) is 12.1 Å². The fourth-order valence-corrected chi connectivity index (χ4v) is 3.61. The second-order valence-electron chi connectivity index (χ2n) is 6.20. The lowest BCUT2D eigenvalue weighted by atomic mass is 10.1. The topological polar surface area (TPSA) is 75.4 Å². The van der Waals surface area contributed by atoms with Gasteiger partial charge >= 0.3 is 0 Å². The Morgan fingerprint density at radius 1 is 1.12 bits per heavy atom. The number of likely N-dealkylation sites (tertiary alicyclic amines) is 1. The monoisotopic (exact) mass is 391 g/mol. The molecule has 2 aromatic rings. The normalized spacial score (nSPS) is 16.6. The van der Waals surface area contributed by atoms with Gasteiger partial charge in [-0.3, -0.25) is 9.59 Å². The molecule has 136 valence electrons. The number of nitrogens with zero attached hydrogens (tertiary/aromatic N) is 1. The van der Waals surface area contributed by atoms with Crippen LogP contribution in [0.1, 0.15) is 28.8 Å². The summed E-state index contributed by atoms with van der Waals surface area (Å²) in [6.45, 7) is 0.970. The molecule has 1 saturated heterocycles. The van der Waals surface area contributed by atoms with Crippen LogP contribution in [0.3, 0.4) is 0 Å². The lowest BCUT2D eigenvalue weighted by Crippen LogP contribution is -2.43. The molecule has 0 aliphatic carbocycles. The molecule has 0 aromatic heterocycles. The molecular formula is C19H19Cl2N3O2. The third kappa shape index (κ3) is 4.18. The van der Waals surface area contributed by atoms with Crippen molar-refractivity contribution in [1.29, 1.82) is 0 Å². The molecule has 1 atom stereocenters. The second kappa shape index (κ2) is 8.08. The van der Waals surface area contributed by atoms with Gasteiger partial charge in [0.2, 0.25) is 5.91 Å². The van der Waals surface area contributed by atoms with Crippen molar-refractivity contribution in [3.8, 4) is 0 Å². The molecule has 0 spiro atoms. The van der Waals surface area contributed by atoms with Crippen molar-refractivity contribution < 1.29 is 9.59 Å². The summed E-state index contributed by atoms with van der Waals surface area (Å²) in [7, 11) is 0. The van der Waals surface area contributed by atoms with Crippen LogP contribution < -0.4 is 11.1 Å². The minimum atomic E-state index is -0.519. The van der Waals surface area contributed by atoms with Crippen molar-refractivity contribution >= 4 is 40.7 Å². The van der Waals surface area contributed by atoms with Crippen LogP contribution in [0.2, 0.25) is 10.0 Å². The van der Waals surface area contributed by atoms with Gasteiger partial charge in [0.15, 0.2) is 0 Å². The first kappa shape index (κ1) is 18.7. The van der Waals surface area contributed by atoms with Crippen molar-refractivity contribution in [1.82, 2.24) is 4.90 Å². The van der Waals surface area contributed by atoms with E-state index in [1.54, 1.807) is 35.2 Å². The van der Waals surface area contributed by atoms with Crippen LogP contribution in [0.4, 0.5) is 5.69 Å². The lowest BCUT2D eigenvalue weighted by molar-refractivity contribution is -0.119. The summed E-state index contributed by atoms with van der Waals surface area (Å²) in [6, 6.07) is 11.5. The van der Waals surface area contributed by atoms with Gasteiger partial charge in [0.25, 0.3) is 5.91 Å². The number of amides is 2. The van der Waals surface area contributed by atoms with E-state index >= 15 is 0 Å². The van der Waals surface area contributed by atoms with Gasteiger partial charge in [-0.15, -0.1) is 0 Å². The maximum absolute atomic E-state index is 12.8. The molecule has 2 aromatic carbocycles. The number of nitrogens with two attached hydrogens (primary N) is 1. The molecule has 0 bridgehead atoms. The Kier molecular flexibility index (Phi) is 5.81. The third-order valence-electron chi connectivity index (χ3n) is 4.38. The molecule has 0 saturated carbocycles. The highest BCUT2D eigenvalue weighted by atomic mass is 35.5. The summed E-state index contributed by atoms with van der Waals surface area (Å²) < 4.78 is 0. The van der Waals surface area contributed by atoms with Gasteiger partial charge in [0.05, 0.1) is 0 Å². The number of hydrogen-bond acceptors (Lipinski definition) is 3. The Morgan fingerprint density at radius 2 is 1.77 bits per heavy atom. The molecule has 7 heteroatoms. The van der Waals surface area contributed by atoms with Crippen LogP contribution in [0.25, 0.3) is 0 Å². The molecular weight excluding hydrogens is 373 g/mol. The van der Waals surface area contributed by atoms with E-state index in [0.29, 0.717) is 40.8 Å². The maximum atomic E-state index is 12.8. The zero-order valence-corrected chi connectivity index (χ0v) is 15.6. The fourth-order valence-electron chi connectivity index (χ4n) is 3.08. The molecule has 1 unspecified atom stereocenters. The van der Waals surface area contributed by atoms with Crippen LogP contribution in [-0.2, 0) is 11.3 Å². The van der Waals surface area contributed by atoms with E-state index in [0.717, 1.165) is 12.0 Å². The van der Waals surface area contributed by atoms with Gasteiger partial charge in [-0.2, -0.15) is 0 Å². The van der Waals surface area contributed by atoms with Gasteiger partial charge in [-0.1, -0.05) is 35.3 Å². The molecule has 0 radical (unpaired) electrons. The van der Waals surface area contributed by atoms with Gasteiger partial charge in [-0.05, 0) is 48.7 Å². The van der Waals surface area contributed by atoms with Crippen LogP contribution in [-0.4, -0.2) is 29.3 Å². The molecule has 1 heterocycles. The summed E-state index contributed by atoms with van der Waals surface area (Å²) in [5.41, 5.74) is 7.60. The number of rotatable bonds is 4. The van der Waals surface area contributed by atoms with E-state index in [1.165, 1.54) is 0 Å². The van der Waals surface area contributed by atoms with Crippen molar-refractivity contribution in [2.24, 2.45) is 5.73 Å². The SMILES string of the molecule is NCc1ccc(C(=O)N2CCCC2C(=O)Nc2cc(Cl)cc(Cl)c2)cc1. The maximum Gasteiger partial charge on any atom is 0.254 e. The van der Waals surface area contributed by atoms with Crippen molar-refractivity contribution in [3.63, 3.8) is 0 Å². The number of benzene rings is 2. The van der Waals surface area contributed by atoms with E-state index < -0.39 is 6.04 Å². The Labute approximate surface area is 162 Å². The molecule has 5 nitrogen and oxygen atoms in total. The number of carbonyl (C=O) groups excluding carboxylic acids is 2. The quantitative estimate of drug-likeness (QED) is 0.833. The Bertz CT molecular complexity index is 804. The number of nitrogens with one attached hydrogen (secondary N) is 1. The van der Waals surface area contributed by atoms with Gasteiger partial charge in [0.1, 0.15) is 6.04 Å². The van der Waals surface area contributed by atoms with E-state index in [9.17, 15) is 9.59 Å². The average Bonchev–Trinajstić information content (AvgIpc) is 3.10. The van der Waals surface area contributed by atoms with Crippen molar-refractivity contribution in [3.05, 3.63) is 63.6 Å². The van der Waals surface area contributed by atoms with Gasteiger partial charge < -0.3 is 16.0 Å². The van der Waals surface area contributed by atoms with Gasteiger partial charge in [-0.25, -0.2) is 0 Å². The fraction of sp³-hybridized carbons (Fsp3) is 0.263. The van der Waals surface area contributed by atoms with Crippen LogP contribution >= 0.6 is 23.2 Å². The van der Waals surface area contributed by atoms with E-state index in [2.05, 4.69) is 5.32 Å². The minimum absolute atomic E-state index is 0.157. The second-order valence-corrected chi connectivity index (χ2v) is 7.08. The van der Waals surface area contributed by atoms with Crippen molar-refractivity contribution in [2.45, 2.75) is 25.4 Å². The first-order valence-corrected chi connectivity index (χ1v) is 9.10. The molecule has 3 rings (SSSR count). The third-order valence-corrected chi connectivity index (χ3v) is 4.82. The molecule has 2 amide bonds. The molecule has 26 heavy (non-hydrogen) atoms. The summed E-state index contributed by atoms with van der Waals surface area (Å²) in [5, 5.41) is 3.68. The first-order valence-electron chi connectivity index (χ1n) is 8.35. The van der Waals surface area contributed by atoms with Crippen molar-refractivity contribution in [2.75, 3.05) is 11.9 Å². The predicted octanol–water partition coefficient (Wildman–Crippen LogP) is 3.70. The number of carbonyl (C=O) groups is 2. The smallest absolute Gasteiger partial charge is 0.254 e. The zero-order valence-electron chi connectivity index (χ0n) is 14.0. The lowest BCUT2D eigenvalue weighted by Gasteiger charge is -2.24. The van der Waals surface area contributed by atoms with E-state index in [-0.39, 0.29) is 11.8 Å². The highest BCUT2D eigenvalue weighted by molar-refractivity contribution is 6.35. The summed E-state index contributed by atoms with van der Waals surface area (Å²) in [5.74, 6) is -0.400.